The topological polar surface area (TPSA) is 0 Å². The van der Waals surface area contributed by atoms with E-state index in [9.17, 15) is 0 Å². The van der Waals surface area contributed by atoms with E-state index < -0.39 is 0 Å². The summed E-state index contributed by atoms with van der Waals surface area (Å²) in [5.41, 5.74) is 4.63. The zero-order valence-electron chi connectivity index (χ0n) is 29.6. The average Bonchev–Trinajstić information content (AvgIpc) is 2.63. The second-order valence-electron chi connectivity index (χ2n) is 18.9. The van der Waals surface area contributed by atoms with Gasteiger partial charge in [-0.2, -0.15) is 0 Å². The SMILES string of the molecule is C=C(C)C1(C)CC(C)CC(C)(C)C1.CC1CC(C)(C)CC(C)(C(C)C)C1.CCC1(C)CC(C)CC(C)(C)C1. The lowest BCUT2D eigenvalue weighted by Crippen LogP contribution is -2.38. The molecule has 3 fully saturated rings. The van der Waals surface area contributed by atoms with Crippen LogP contribution >= 0.6 is 0 Å². The molecule has 3 saturated carbocycles. The van der Waals surface area contributed by atoms with E-state index in [1.165, 1.54) is 69.8 Å². The molecule has 3 aliphatic carbocycles. The van der Waals surface area contributed by atoms with Crippen molar-refractivity contribution in [2.24, 2.45) is 56.2 Å². The molecular formula is C38H74. The third-order valence-electron chi connectivity index (χ3n) is 11.1. The molecule has 0 heterocycles. The maximum absolute atomic E-state index is 4.15. The number of hydrogen-bond donors (Lipinski definition) is 0. The highest BCUT2D eigenvalue weighted by Crippen LogP contribution is 2.53. The van der Waals surface area contributed by atoms with Crippen LogP contribution in [-0.4, -0.2) is 0 Å². The molecule has 0 N–H and O–H groups in total. The summed E-state index contributed by atoms with van der Waals surface area (Å²) in [4.78, 5) is 0. The highest BCUT2D eigenvalue weighted by atomic mass is 14.5. The molecule has 3 aliphatic rings. The molecule has 0 aromatic rings. The maximum atomic E-state index is 4.15. The Kier molecular flexibility index (Phi) is 12.0. The van der Waals surface area contributed by atoms with Gasteiger partial charge in [0.25, 0.3) is 0 Å². The van der Waals surface area contributed by atoms with Crippen molar-refractivity contribution in [2.75, 3.05) is 0 Å². The highest BCUT2D eigenvalue weighted by molar-refractivity contribution is 5.09. The Balaban J connectivity index is 0.000000285. The Morgan fingerprint density at radius 3 is 1.37 bits per heavy atom. The minimum absolute atomic E-state index is 0.390. The molecule has 6 atom stereocenters. The van der Waals surface area contributed by atoms with Gasteiger partial charge in [0.1, 0.15) is 0 Å². The standard InChI is InChI=1S/C13H26.C13H24.C12H24/c2*1-10(2)13(6)8-11(3)7-12(4,5)9-13;1-6-12(5)8-10(2)7-11(3,4)9-12/h10-11H,7-9H2,1-6H3;11H,1,7-9H2,2-6H3;10H,6-9H2,1-5H3. The molecule has 0 nitrogen and oxygen atoms in total. The van der Waals surface area contributed by atoms with Crippen molar-refractivity contribution in [3.63, 3.8) is 0 Å². The van der Waals surface area contributed by atoms with Crippen LogP contribution in [0.1, 0.15) is 175 Å². The molecular weight excluding hydrogens is 456 g/mol. The van der Waals surface area contributed by atoms with Gasteiger partial charge >= 0.3 is 0 Å². The van der Waals surface area contributed by atoms with Crippen LogP contribution in [0.4, 0.5) is 0 Å². The summed E-state index contributed by atoms with van der Waals surface area (Å²) in [7, 11) is 0. The Labute approximate surface area is 243 Å². The molecule has 0 aromatic heterocycles. The van der Waals surface area contributed by atoms with Crippen molar-refractivity contribution < 1.29 is 0 Å². The van der Waals surface area contributed by atoms with Crippen molar-refractivity contribution in [3.8, 4) is 0 Å². The Hall–Kier alpha value is -0.260. The third-order valence-corrected chi connectivity index (χ3v) is 11.1. The van der Waals surface area contributed by atoms with E-state index in [2.05, 4.69) is 117 Å². The van der Waals surface area contributed by atoms with Gasteiger partial charge in [-0.15, -0.1) is 0 Å². The Morgan fingerprint density at radius 2 is 1.03 bits per heavy atom. The first-order valence-electron chi connectivity index (χ1n) is 16.5. The van der Waals surface area contributed by atoms with Crippen LogP contribution in [-0.2, 0) is 0 Å². The monoisotopic (exact) mass is 531 g/mol. The van der Waals surface area contributed by atoms with Crippen LogP contribution in [0.15, 0.2) is 12.2 Å². The summed E-state index contributed by atoms with van der Waals surface area (Å²) in [5.74, 6) is 3.52. The predicted octanol–water partition coefficient (Wildman–Crippen LogP) is 13.2. The molecule has 0 spiro atoms. The van der Waals surface area contributed by atoms with Gasteiger partial charge in [0.2, 0.25) is 0 Å². The first kappa shape index (κ1) is 35.8. The van der Waals surface area contributed by atoms with E-state index in [4.69, 9.17) is 0 Å². The molecule has 6 unspecified atom stereocenters. The van der Waals surface area contributed by atoms with Gasteiger partial charge in [-0.25, -0.2) is 0 Å². The first-order valence-corrected chi connectivity index (χ1v) is 16.5. The number of rotatable bonds is 3. The minimum Gasteiger partial charge on any atom is -0.0996 e. The number of allylic oxidation sites excluding steroid dienone is 1. The fraction of sp³-hybridized carbons (Fsp3) is 0.947. The van der Waals surface area contributed by atoms with E-state index in [0.29, 0.717) is 32.5 Å². The lowest BCUT2D eigenvalue weighted by molar-refractivity contribution is 0.0253. The molecule has 3 rings (SSSR count). The van der Waals surface area contributed by atoms with Gasteiger partial charge in [0, 0.05) is 0 Å². The summed E-state index contributed by atoms with van der Waals surface area (Å²) >= 11 is 0. The average molecular weight is 531 g/mol. The second kappa shape index (κ2) is 12.7. The summed E-state index contributed by atoms with van der Waals surface area (Å²) < 4.78 is 0. The molecule has 38 heavy (non-hydrogen) atoms. The molecule has 0 amide bonds. The smallest absolute Gasteiger partial charge is 0.0114 e. The van der Waals surface area contributed by atoms with Crippen molar-refractivity contribution in [1.29, 1.82) is 0 Å². The zero-order valence-corrected chi connectivity index (χ0v) is 29.6. The second-order valence-corrected chi connectivity index (χ2v) is 18.9. The van der Waals surface area contributed by atoms with E-state index in [-0.39, 0.29) is 0 Å². The lowest BCUT2D eigenvalue weighted by Gasteiger charge is -2.48. The third kappa shape index (κ3) is 11.0. The predicted molar refractivity (Wildman–Crippen MR) is 175 cm³/mol. The van der Waals surface area contributed by atoms with Crippen LogP contribution in [0.2, 0.25) is 0 Å². The molecule has 0 heteroatoms. The zero-order chi connectivity index (χ0) is 30.0. The first-order chi connectivity index (χ1) is 16.9. The minimum atomic E-state index is 0.390. The van der Waals surface area contributed by atoms with E-state index in [1.54, 1.807) is 0 Å². The fourth-order valence-electron chi connectivity index (χ4n) is 10.2. The van der Waals surface area contributed by atoms with Gasteiger partial charge in [-0.05, 0) is 121 Å². The molecule has 0 aliphatic heterocycles. The van der Waals surface area contributed by atoms with Crippen molar-refractivity contribution >= 4 is 0 Å². The van der Waals surface area contributed by atoms with Gasteiger partial charge in [-0.3, -0.25) is 0 Å². The van der Waals surface area contributed by atoms with Gasteiger partial charge in [-0.1, -0.05) is 122 Å². The van der Waals surface area contributed by atoms with Gasteiger partial charge < -0.3 is 0 Å². The highest BCUT2D eigenvalue weighted by Gasteiger charge is 2.42. The van der Waals surface area contributed by atoms with Crippen LogP contribution in [0.3, 0.4) is 0 Å². The molecule has 0 aromatic carbocycles. The van der Waals surface area contributed by atoms with E-state index in [1.807, 2.05) is 0 Å². The van der Waals surface area contributed by atoms with Crippen molar-refractivity contribution in [2.45, 2.75) is 175 Å². The van der Waals surface area contributed by atoms with Gasteiger partial charge in [0.15, 0.2) is 0 Å². The van der Waals surface area contributed by atoms with Crippen molar-refractivity contribution in [3.05, 3.63) is 12.2 Å². The summed E-state index contributed by atoms with van der Waals surface area (Å²) in [6.07, 6.45) is 13.9. The quantitative estimate of drug-likeness (QED) is 0.318. The molecule has 0 saturated heterocycles. The fourth-order valence-corrected chi connectivity index (χ4v) is 10.2. The molecule has 226 valence electrons. The largest absolute Gasteiger partial charge is 0.0996 e. The van der Waals surface area contributed by atoms with Crippen LogP contribution in [0.25, 0.3) is 0 Å². The molecule has 0 radical (unpaired) electrons. The van der Waals surface area contributed by atoms with E-state index in [0.717, 1.165) is 23.7 Å². The summed E-state index contributed by atoms with van der Waals surface area (Å²) in [6.45, 7) is 42.5. The maximum Gasteiger partial charge on any atom is -0.0114 e. The van der Waals surface area contributed by atoms with Gasteiger partial charge in [0.05, 0.1) is 0 Å². The summed E-state index contributed by atoms with van der Waals surface area (Å²) in [6, 6.07) is 0. The van der Waals surface area contributed by atoms with Crippen molar-refractivity contribution in [1.82, 2.24) is 0 Å². The van der Waals surface area contributed by atoms with E-state index >= 15 is 0 Å². The summed E-state index contributed by atoms with van der Waals surface area (Å²) in [5, 5.41) is 0. The Bertz CT molecular complexity index is 750. The molecule has 0 bridgehead atoms. The van der Waals surface area contributed by atoms with Crippen LogP contribution in [0, 0.1) is 56.2 Å². The lowest BCUT2D eigenvalue weighted by atomic mass is 9.57. The number of hydrogen-bond acceptors (Lipinski definition) is 0. The Morgan fingerprint density at radius 1 is 0.632 bits per heavy atom. The van der Waals surface area contributed by atoms with Crippen LogP contribution < -0.4 is 0 Å². The normalized spacial score (nSPS) is 39.8. The van der Waals surface area contributed by atoms with Crippen LogP contribution in [0.5, 0.6) is 0 Å².